The van der Waals surface area contributed by atoms with Gasteiger partial charge in [0.05, 0.1) is 5.84 Å². The molecule has 0 saturated heterocycles. The van der Waals surface area contributed by atoms with Crippen molar-refractivity contribution in [3.63, 3.8) is 0 Å². The molecule has 0 aromatic rings. The van der Waals surface area contributed by atoms with Crippen LogP contribution in [0.4, 0.5) is 0 Å². The van der Waals surface area contributed by atoms with Gasteiger partial charge in [-0.2, -0.15) is 0 Å². The molecule has 0 spiro atoms. The monoisotopic (exact) mass is 154 g/mol. The third kappa shape index (κ3) is 3.40. The van der Waals surface area contributed by atoms with E-state index < -0.39 is 0 Å². The number of nitrogens with two attached hydrogens (primary N) is 1. The minimum atomic E-state index is 0.350. The van der Waals surface area contributed by atoms with Crippen LogP contribution < -0.4 is 5.73 Å². The van der Waals surface area contributed by atoms with Gasteiger partial charge in [-0.25, -0.2) is 0 Å². The van der Waals surface area contributed by atoms with E-state index in [-0.39, 0.29) is 0 Å². The molecule has 0 aromatic carbocycles. The molecule has 0 amide bonds. The van der Waals surface area contributed by atoms with Crippen LogP contribution in [-0.4, -0.2) is 5.84 Å². The van der Waals surface area contributed by atoms with E-state index in [2.05, 4.69) is 0 Å². The molecule has 2 nitrogen and oxygen atoms in total. The maximum Gasteiger partial charge on any atom is 0.0905 e. The predicted octanol–water partition coefficient (Wildman–Crippen LogP) is 2.28. The Morgan fingerprint density at radius 3 is 2.55 bits per heavy atom. The molecule has 1 aliphatic carbocycles. The molecule has 0 radical (unpaired) electrons. The van der Waals surface area contributed by atoms with Crippen molar-refractivity contribution in [3.05, 3.63) is 0 Å². The highest BCUT2D eigenvalue weighted by atomic mass is 14.7. The standard InChI is InChI=1S/C9H18N2/c10-9(11)7-3-6-8-4-1-2-5-8/h8H,1-7H2,(H3,10,11). The van der Waals surface area contributed by atoms with Crippen molar-refractivity contribution in [1.82, 2.24) is 0 Å². The summed E-state index contributed by atoms with van der Waals surface area (Å²) in [5.74, 6) is 1.30. The second kappa shape index (κ2) is 4.37. The molecule has 11 heavy (non-hydrogen) atoms. The van der Waals surface area contributed by atoms with E-state index in [0.717, 1.165) is 18.8 Å². The van der Waals surface area contributed by atoms with E-state index in [0.29, 0.717) is 5.84 Å². The Labute approximate surface area is 68.7 Å². The maximum absolute atomic E-state index is 7.05. The van der Waals surface area contributed by atoms with Crippen LogP contribution in [0, 0.1) is 11.3 Å². The molecule has 0 unspecified atom stereocenters. The molecule has 1 saturated carbocycles. The first-order chi connectivity index (χ1) is 5.29. The Morgan fingerprint density at radius 1 is 1.36 bits per heavy atom. The molecule has 64 valence electrons. The van der Waals surface area contributed by atoms with E-state index in [9.17, 15) is 0 Å². The molecule has 0 aliphatic heterocycles. The van der Waals surface area contributed by atoms with Crippen LogP contribution in [0.3, 0.4) is 0 Å². The van der Waals surface area contributed by atoms with Gasteiger partial charge in [0.2, 0.25) is 0 Å². The summed E-state index contributed by atoms with van der Waals surface area (Å²) in [6.07, 6.45) is 8.89. The van der Waals surface area contributed by atoms with Crippen LogP contribution >= 0.6 is 0 Å². The molecule has 1 rings (SSSR count). The summed E-state index contributed by atoms with van der Waals surface area (Å²) in [5, 5.41) is 7.05. The van der Waals surface area contributed by atoms with Crippen LogP contribution in [0.15, 0.2) is 0 Å². The van der Waals surface area contributed by atoms with Crippen molar-refractivity contribution in [2.24, 2.45) is 11.7 Å². The molecule has 1 fully saturated rings. The zero-order valence-corrected chi connectivity index (χ0v) is 7.10. The summed E-state index contributed by atoms with van der Waals surface area (Å²) < 4.78 is 0. The molecule has 0 atom stereocenters. The van der Waals surface area contributed by atoms with Crippen molar-refractivity contribution in [2.45, 2.75) is 44.9 Å². The van der Waals surface area contributed by atoms with Crippen molar-refractivity contribution in [2.75, 3.05) is 0 Å². The summed E-state index contributed by atoms with van der Waals surface area (Å²) >= 11 is 0. The van der Waals surface area contributed by atoms with Crippen LogP contribution in [-0.2, 0) is 0 Å². The lowest BCUT2D eigenvalue weighted by atomic mass is 10.0. The van der Waals surface area contributed by atoms with Gasteiger partial charge in [0.1, 0.15) is 0 Å². The third-order valence-electron chi connectivity index (χ3n) is 2.53. The van der Waals surface area contributed by atoms with Crippen LogP contribution in [0.25, 0.3) is 0 Å². The Hall–Kier alpha value is -0.530. The van der Waals surface area contributed by atoms with E-state index in [1.165, 1.54) is 32.1 Å². The quantitative estimate of drug-likeness (QED) is 0.473. The molecular weight excluding hydrogens is 136 g/mol. The molecule has 3 N–H and O–H groups in total. The average molecular weight is 154 g/mol. The van der Waals surface area contributed by atoms with E-state index >= 15 is 0 Å². The second-order valence-electron chi connectivity index (χ2n) is 3.57. The Bertz CT molecular complexity index is 126. The Balaban J connectivity index is 1.98. The summed E-state index contributed by atoms with van der Waals surface area (Å²) in [4.78, 5) is 0. The number of hydrogen-bond donors (Lipinski definition) is 2. The molecule has 2 heteroatoms. The van der Waals surface area contributed by atoms with Crippen molar-refractivity contribution in [3.8, 4) is 0 Å². The highest BCUT2D eigenvalue weighted by Crippen LogP contribution is 2.28. The average Bonchev–Trinajstić information content (AvgIpc) is 2.39. The van der Waals surface area contributed by atoms with Gasteiger partial charge in [-0.05, 0) is 12.3 Å². The van der Waals surface area contributed by atoms with Crippen LogP contribution in [0.1, 0.15) is 44.9 Å². The number of hydrogen-bond acceptors (Lipinski definition) is 1. The lowest BCUT2D eigenvalue weighted by Crippen LogP contribution is -2.09. The first-order valence-electron chi connectivity index (χ1n) is 4.62. The summed E-state index contributed by atoms with van der Waals surface area (Å²) in [7, 11) is 0. The minimum absolute atomic E-state index is 0.350. The van der Waals surface area contributed by atoms with Crippen LogP contribution in [0.2, 0.25) is 0 Å². The van der Waals surface area contributed by atoms with Crippen molar-refractivity contribution in [1.29, 1.82) is 5.41 Å². The van der Waals surface area contributed by atoms with Gasteiger partial charge >= 0.3 is 0 Å². The second-order valence-corrected chi connectivity index (χ2v) is 3.57. The Kier molecular flexibility index (Phi) is 3.40. The van der Waals surface area contributed by atoms with E-state index in [1.54, 1.807) is 0 Å². The zero-order valence-electron chi connectivity index (χ0n) is 7.10. The third-order valence-corrected chi connectivity index (χ3v) is 2.53. The van der Waals surface area contributed by atoms with Gasteiger partial charge in [-0.15, -0.1) is 0 Å². The smallest absolute Gasteiger partial charge is 0.0905 e. The number of rotatable bonds is 4. The molecular formula is C9H18N2. The van der Waals surface area contributed by atoms with Crippen molar-refractivity contribution < 1.29 is 0 Å². The highest BCUT2D eigenvalue weighted by Gasteiger charge is 2.13. The molecule has 0 bridgehead atoms. The summed E-state index contributed by atoms with van der Waals surface area (Å²) in [5.41, 5.74) is 5.26. The molecule has 0 heterocycles. The summed E-state index contributed by atoms with van der Waals surface area (Å²) in [6.45, 7) is 0. The van der Waals surface area contributed by atoms with Gasteiger partial charge in [0.15, 0.2) is 0 Å². The fourth-order valence-corrected chi connectivity index (χ4v) is 1.88. The van der Waals surface area contributed by atoms with Crippen molar-refractivity contribution >= 4 is 5.84 Å². The van der Waals surface area contributed by atoms with Gasteiger partial charge in [-0.3, -0.25) is 5.41 Å². The number of nitrogens with one attached hydrogen (secondary N) is 1. The largest absolute Gasteiger partial charge is 0.388 e. The topological polar surface area (TPSA) is 49.9 Å². The molecule has 1 aliphatic rings. The van der Waals surface area contributed by atoms with Crippen LogP contribution in [0.5, 0.6) is 0 Å². The lowest BCUT2D eigenvalue weighted by Gasteiger charge is -2.06. The van der Waals surface area contributed by atoms with Gasteiger partial charge in [0.25, 0.3) is 0 Å². The van der Waals surface area contributed by atoms with E-state index in [4.69, 9.17) is 11.1 Å². The minimum Gasteiger partial charge on any atom is -0.388 e. The number of amidine groups is 1. The first kappa shape index (κ1) is 8.57. The van der Waals surface area contributed by atoms with E-state index in [1.807, 2.05) is 0 Å². The van der Waals surface area contributed by atoms with Gasteiger partial charge in [-0.1, -0.05) is 32.1 Å². The summed E-state index contributed by atoms with van der Waals surface area (Å²) in [6, 6.07) is 0. The lowest BCUT2D eigenvalue weighted by molar-refractivity contribution is 0.489. The normalized spacial score (nSPS) is 18.9. The predicted molar refractivity (Wildman–Crippen MR) is 47.7 cm³/mol. The fourth-order valence-electron chi connectivity index (χ4n) is 1.88. The maximum atomic E-state index is 7.05. The zero-order chi connectivity index (χ0) is 8.10. The first-order valence-corrected chi connectivity index (χ1v) is 4.62. The highest BCUT2D eigenvalue weighted by molar-refractivity contribution is 5.76. The Morgan fingerprint density at radius 2 is 2.00 bits per heavy atom. The van der Waals surface area contributed by atoms with Gasteiger partial charge in [0, 0.05) is 6.42 Å². The SMILES string of the molecule is N=C(N)CCCC1CCCC1. The van der Waals surface area contributed by atoms with Gasteiger partial charge < -0.3 is 5.73 Å². The molecule has 0 aromatic heterocycles. The fraction of sp³-hybridized carbons (Fsp3) is 0.889.